The number of anilines is 1. The van der Waals surface area contributed by atoms with Crippen molar-refractivity contribution in [2.75, 3.05) is 58.4 Å². The van der Waals surface area contributed by atoms with E-state index in [0.29, 0.717) is 0 Å². The van der Waals surface area contributed by atoms with Gasteiger partial charge < -0.3 is 19.9 Å². The molecule has 2 saturated heterocycles. The van der Waals surface area contributed by atoms with Crippen LogP contribution in [0.4, 0.5) is 5.13 Å². The minimum atomic E-state index is 0. The molecule has 27 heavy (non-hydrogen) atoms. The van der Waals surface area contributed by atoms with E-state index in [2.05, 4.69) is 32.5 Å². The third-order valence-electron chi connectivity index (χ3n) is 5.37. The van der Waals surface area contributed by atoms with Crippen molar-refractivity contribution < 1.29 is 4.74 Å². The van der Waals surface area contributed by atoms with Gasteiger partial charge in [0.1, 0.15) is 0 Å². The molecule has 8 heteroatoms. The molecule has 0 radical (unpaired) electrons. The van der Waals surface area contributed by atoms with Crippen LogP contribution in [-0.4, -0.2) is 69.3 Å². The van der Waals surface area contributed by atoms with E-state index in [-0.39, 0.29) is 24.0 Å². The normalized spacial score (nSPS) is 18.4. The lowest BCUT2D eigenvalue weighted by Crippen LogP contribution is -2.40. The fourth-order valence-electron chi connectivity index (χ4n) is 3.67. The molecule has 3 rings (SSSR count). The van der Waals surface area contributed by atoms with Crippen molar-refractivity contribution in [1.29, 1.82) is 0 Å². The lowest BCUT2D eigenvalue weighted by atomic mass is 9.96. The van der Waals surface area contributed by atoms with E-state index >= 15 is 0 Å². The molecule has 6 nitrogen and oxygen atoms in total. The minimum absolute atomic E-state index is 0. The molecule has 1 N–H and O–H groups in total. The summed E-state index contributed by atoms with van der Waals surface area (Å²) in [4.78, 5) is 13.9. The molecule has 0 spiro atoms. The first kappa shape index (κ1) is 22.7. The minimum Gasteiger partial charge on any atom is -0.381 e. The van der Waals surface area contributed by atoms with Crippen LogP contribution >= 0.6 is 35.3 Å². The molecule has 0 aromatic carbocycles. The van der Waals surface area contributed by atoms with Crippen molar-refractivity contribution >= 4 is 46.4 Å². The number of rotatable bonds is 7. The molecule has 3 heterocycles. The average molecular weight is 507 g/mol. The van der Waals surface area contributed by atoms with E-state index in [0.717, 1.165) is 57.7 Å². The summed E-state index contributed by atoms with van der Waals surface area (Å²) in [6.45, 7) is 6.09. The molecule has 1 aromatic heterocycles. The highest BCUT2D eigenvalue weighted by atomic mass is 127. The van der Waals surface area contributed by atoms with Crippen LogP contribution in [-0.2, 0) is 11.2 Å². The van der Waals surface area contributed by atoms with Gasteiger partial charge in [-0.05, 0) is 38.0 Å². The molecule has 0 bridgehead atoms. The van der Waals surface area contributed by atoms with Crippen molar-refractivity contribution in [3.8, 4) is 0 Å². The molecule has 0 saturated carbocycles. The van der Waals surface area contributed by atoms with Gasteiger partial charge in [0, 0.05) is 65.3 Å². The zero-order chi connectivity index (χ0) is 18.2. The van der Waals surface area contributed by atoms with Crippen LogP contribution in [0.3, 0.4) is 0 Å². The Bertz CT molecular complexity index is 570. The van der Waals surface area contributed by atoms with Gasteiger partial charge in [-0.25, -0.2) is 4.98 Å². The van der Waals surface area contributed by atoms with Crippen molar-refractivity contribution in [1.82, 2.24) is 15.2 Å². The average Bonchev–Trinajstić information content (AvgIpc) is 3.36. The Labute approximate surface area is 184 Å². The largest absolute Gasteiger partial charge is 0.381 e. The Hall–Kier alpha value is -0.610. The summed E-state index contributed by atoms with van der Waals surface area (Å²) in [5, 5.41) is 6.88. The van der Waals surface area contributed by atoms with E-state index < -0.39 is 0 Å². The van der Waals surface area contributed by atoms with E-state index in [1.54, 1.807) is 11.3 Å². The quantitative estimate of drug-likeness (QED) is 0.349. The van der Waals surface area contributed by atoms with Gasteiger partial charge in [-0.1, -0.05) is 0 Å². The number of nitrogens with one attached hydrogen (secondary N) is 1. The summed E-state index contributed by atoms with van der Waals surface area (Å²) in [6, 6.07) is 0. The predicted molar refractivity (Wildman–Crippen MR) is 125 cm³/mol. The zero-order valence-corrected chi connectivity index (χ0v) is 19.8. The maximum absolute atomic E-state index is 5.45. The first-order valence-electron chi connectivity index (χ1n) is 9.95. The van der Waals surface area contributed by atoms with Gasteiger partial charge in [0.25, 0.3) is 0 Å². The first-order valence-corrected chi connectivity index (χ1v) is 10.8. The fraction of sp³-hybridized carbons (Fsp3) is 0.789. The second kappa shape index (κ2) is 12.1. The molecule has 1 aromatic rings. The van der Waals surface area contributed by atoms with Gasteiger partial charge in [0.05, 0.1) is 5.69 Å². The highest BCUT2D eigenvalue weighted by Gasteiger charge is 2.17. The van der Waals surface area contributed by atoms with Crippen molar-refractivity contribution in [3.63, 3.8) is 0 Å². The smallest absolute Gasteiger partial charge is 0.193 e. The zero-order valence-electron chi connectivity index (χ0n) is 16.7. The second-order valence-corrected chi connectivity index (χ2v) is 8.14. The van der Waals surface area contributed by atoms with E-state index in [1.807, 2.05) is 7.05 Å². The van der Waals surface area contributed by atoms with Gasteiger partial charge in [-0.2, -0.15) is 0 Å². The lowest BCUT2D eigenvalue weighted by molar-refractivity contribution is 0.0625. The SMILES string of the molecule is CN=C(NCCc1csc(N2CCCC2)n1)N(C)CCC1CCOCC1.I. The molecule has 154 valence electrons. The Morgan fingerprint density at radius 1 is 1.37 bits per heavy atom. The molecule has 0 atom stereocenters. The summed E-state index contributed by atoms with van der Waals surface area (Å²) in [6.07, 6.45) is 7.15. The van der Waals surface area contributed by atoms with Crippen LogP contribution in [0.2, 0.25) is 0 Å². The Morgan fingerprint density at radius 2 is 2.11 bits per heavy atom. The van der Waals surface area contributed by atoms with Crippen molar-refractivity contribution in [3.05, 3.63) is 11.1 Å². The van der Waals surface area contributed by atoms with Crippen LogP contribution in [0.5, 0.6) is 0 Å². The van der Waals surface area contributed by atoms with Crippen LogP contribution in [0.25, 0.3) is 0 Å². The van der Waals surface area contributed by atoms with Gasteiger partial charge in [-0.15, -0.1) is 35.3 Å². The van der Waals surface area contributed by atoms with Gasteiger partial charge >= 0.3 is 0 Å². The number of ether oxygens (including phenoxy) is 1. The number of guanidine groups is 1. The van der Waals surface area contributed by atoms with Crippen molar-refractivity contribution in [2.24, 2.45) is 10.9 Å². The highest BCUT2D eigenvalue weighted by Crippen LogP contribution is 2.24. The Morgan fingerprint density at radius 3 is 2.81 bits per heavy atom. The van der Waals surface area contributed by atoms with E-state index in [4.69, 9.17) is 9.72 Å². The fourth-order valence-corrected chi connectivity index (χ4v) is 4.58. The maximum Gasteiger partial charge on any atom is 0.193 e. The lowest BCUT2D eigenvalue weighted by Gasteiger charge is -2.26. The molecule has 0 aliphatic carbocycles. The number of hydrogen-bond donors (Lipinski definition) is 1. The van der Waals surface area contributed by atoms with Crippen LogP contribution in [0.1, 0.15) is 37.8 Å². The number of nitrogens with zero attached hydrogens (tertiary/aromatic N) is 4. The molecule has 2 fully saturated rings. The van der Waals surface area contributed by atoms with E-state index in [9.17, 15) is 0 Å². The third-order valence-corrected chi connectivity index (χ3v) is 6.32. The Balaban J connectivity index is 0.00000261. The number of halogens is 1. The number of aromatic nitrogens is 1. The van der Waals surface area contributed by atoms with Gasteiger partial charge in [-0.3, -0.25) is 4.99 Å². The Kier molecular flexibility index (Phi) is 10.1. The third kappa shape index (κ3) is 7.05. The summed E-state index contributed by atoms with van der Waals surface area (Å²) in [5.74, 6) is 1.77. The van der Waals surface area contributed by atoms with Crippen LogP contribution in [0.15, 0.2) is 10.4 Å². The summed E-state index contributed by atoms with van der Waals surface area (Å²) >= 11 is 1.78. The number of aliphatic imine (C=N–C) groups is 1. The van der Waals surface area contributed by atoms with Crippen LogP contribution < -0.4 is 10.2 Å². The molecule has 0 unspecified atom stereocenters. The molecular formula is C19H34IN5OS. The summed E-state index contributed by atoms with van der Waals surface area (Å²) < 4.78 is 5.45. The van der Waals surface area contributed by atoms with Crippen molar-refractivity contribution in [2.45, 2.75) is 38.5 Å². The maximum atomic E-state index is 5.45. The summed E-state index contributed by atoms with van der Waals surface area (Å²) in [5.41, 5.74) is 1.18. The monoisotopic (exact) mass is 507 g/mol. The molecule has 2 aliphatic heterocycles. The topological polar surface area (TPSA) is 53.0 Å². The molecule has 0 amide bonds. The first-order chi connectivity index (χ1) is 12.8. The molecule has 2 aliphatic rings. The van der Waals surface area contributed by atoms with Gasteiger partial charge in [0.15, 0.2) is 11.1 Å². The van der Waals surface area contributed by atoms with Crippen LogP contribution in [0, 0.1) is 5.92 Å². The summed E-state index contributed by atoms with van der Waals surface area (Å²) in [7, 11) is 3.99. The number of thiazole rings is 1. The highest BCUT2D eigenvalue weighted by molar-refractivity contribution is 14.0. The van der Waals surface area contributed by atoms with Gasteiger partial charge in [0.2, 0.25) is 0 Å². The second-order valence-electron chi connectivity index (χ2n) is 7.31. The predicted octanol–water partition coefficient (Wildman–Crippen LogP) is 3.23. The standard InChI is InChI=1S/C19H33N5OS.HI/c1-20-18(23(2)12-6-16-7-13-25-14-8-16)21-9-5-17-15-26-19(22-17)24-10-3-4-11-24;/h15-16H,3-14H2,1-2H3,(H,20,21);1H. The number of hydrogen-bond acceptors (Lipinski definition) is 5. The molecular weight excluding hydrogens is 473 g/mol. The van der Waals surface area contributed by atoms with E-state index in [1.165, 1.54) is 42.9 Å².